The fourth-order valence-electron chi connectivity index (χ4n) is 1.78. The highest BCUT2D eigenvalue weighted by Crippen LogP contribution is 2.27. The number of guanidine groups is 1. The van der Waals surface area contributed by atoms with Crippen LogP contribution in [0.1, 0.15) is 6.92 Å². The van der Waals surface area contributed by atoms with Gasteiger partial charge in [0, 0.05) is 31.4 Å². The van der Waals surface area contributed by atoms with Gasteiger partial charge in [0.05, 0.1) is 27.4 Å². The molecular formula is C15H26IN3O4. The van der Waals surface area contributed by atoms with Crippen LogP contribution in [-0.2, 0) is 4.74 Å². The zero-order valence-electron chi connectivity index (χ0n) is 14.0. The SMILES string of the molecule is COCC(C)NC(N)=NCCOc1cc(OC)cc(OC)c1.I. The molecule has 0 aliphatic carbocycles. The number of rotatable bonds is 9. The van der Waals surface area contributed by atoms with Crippen molar-refractivity contribution in [2.45, 2.75) is 13.0 Å². The zero-order valence-corrected chi connectivity index (χ0v) is 16.3. The molecule has 0 saturated carbocycles. The Bertz CT molecular complexity index is 464. The second kappa shape index (κ2) is 12.1. The predicted molar refractivity (Wildman–Crippen MR) is 101 cm³/mol. The van der Waals surface area contributed by atoms with Gasteiger partial charge in [0.15, 0.2) is 5.96 Å². The molecule has 3 N–H and O–H groups in total. The number of aliphatic imine (C=N–C) groups is 1. The summed E-state index contributed by atoms with van der Waals surface area (Å²) in [4.78, 5) is 4.19. The van der Waals surface area contributed by atoms with E-state index >= 15 is 0 Å². The molecule has 0 aromatic heterocycles. The molecule has 1 atom stereocenters. The van der Waals surface area contributed by atoms with Gasteiger partial charge in [-0.05, 0) is 6.92 Å². The minimum Gasteiger partial charge on any atom is -0.496 e. The molecule has 0 fully saturated rings. The van der Waals surface area contributed by atoms with Crippen molar-refractivity contribution in [3.05, 3.63) is 18.2 Å². The summed E-state index contributed by atoms with van der Waals surface area (Å²) in [6.07, 6.45) is 0. The lowest BCUT2D eigenvalue weighted by Gasteiger charge is -2.13. The molecule has 0 radical (unpaired) electrons. The Hall–Kier alpha value is -1.42. The Kier molecular flexibility index (Phi) is 11.3. The average molecular weight is 439 g/mol. The molecule has 0 bridgehead atoms. The van der Waals surface area contributed by atoms with E-state index in [0.717, 1.165) is 0 Å². The first-order valence-corrected chi connectivity index (χ1v) is 7.00. The number of nitrogens with one attached hydrogen (secondary N) is 1. The maximum Gasteiger partial charge on any atom is 0.188 e. The monoisotopic (exact) mass is 439 g/mol. The molecule has 132 valence electrons. The van der Waals surface area contributed by atoms with Gasteiger partial charge in [-0.3, -0.25) is 0 Å². The lowest BCUT2D eigenvalue weighted by molar-refractivity contribution is 0.179. The predicted octanol–water partition coefficient (Wildman–Crippen LogP) is 1.64. The van der Waals surface area contributed by atoms with Crippen LogP contribution in [0.5, 0.6) is 17.2 Å². The van der Waals surface area contributed by atoms with Crippen LogP contribution in [0.25, 0.3) is 0 Å². The highest BCUT2D eigenvalue weighted by Gasteiger charge is 2.03. The maximum absolute atomic E-state index is 5.76. The number of methoxy groups -OCH3 is 3. The van der Waals surface area contributed by atoms with Gasteiger partial charge < -0.3 is 30.0 Å². The van der Waals surface area contributed by atoms with Crippen molar-refractivity contribution in [1.29, 1.82) is 0 Å². The highest BCUT2D eigenvalue weighted by atomic mass is 127. The van der Waals surface area contributed by atoms with Crippen LogP contribution in [-0.4, -0.2) is 53.1 Å². The van der Waals surface area contributed by atoms with Crippen LogP contribution < -0.4 is 25.3 Å². The van der Waals surface area contributed by atoms with Crippen molar-refractivity contribution in [2.75, 3.05) is 41.1 Å². The smallest absolute Gasteiger partial charge is 0.188 e. The summed E-state index contributed by atoms with van der Waals surface area (Å²) in [7, 11) is 4.83. The molecule has 23 heavy (non-hydrogen) atoms. The summed E-state index contributed by atoms with van der Waals surface area (Å²) in [5.41, 5.74) is 5.76. The molecule has 0 heterocycles. The van der Waals surface area contributed by atoms with E-state index in [9.17, 15) is 0 Å². The van der Waals surface area contributed by atoms with Crippen LogP contribution in [0, 0.1) is 0 Å². The fraction of sp³-hybridized carbons (Fsp3) is 0.533. The van der Waals surface area contributed by atoms with E-state index in [4.69, 9.17) is 24.7 Å². The van der Waals surface area contributed by atoms with Gasteiger partial charge in [-0.1, -0.05) is 0 Å². The quantitative estimate of drug-likeness (QED) is 0.263. The Morgan fingerprint density at radius 3 is 2.22 bits per heavy atom. The fourth-order valence-corrected chi connectivity index (χ4v) is 1.78. The molecule has 1 aromatic carbocycles. The van der Waals surface area contributed by atoms with Crippen LogP contribution in [0.4, 0.5) is 0 Å². The van der Waals surface area contributed by atoms with Gasteiger partial charge >= 0.3 is 0 Å². The molecule has 1 rings (SSSR count). The maximum atomic E-state index is 5.76. The number of nitrogens with two attached hydrogens (primary N) is 1. The number of hydrogen-bond acceptors (Lipinski definition) is 5. The van der Waals surface area contributed by atoms with E-state index in [1.165, 1.54) is 0 Å². The lowest BCUT2D eigenvalue weighted by atomic mass is 10.3. The third kappa shape index (κ3) is 8.70. The molecule has 7 nitrogen and oxygen atoms in total. The Morgan fingerprint density at radius 2 is 1.70 bits per heavy atom. The first-order valence-electron chi connectivity index (χ1n) is 7.00. The summed E-state index contributed by atoms with van der Waals surface area (Å²) in [6, 6.07) is 5.46. The Labute approximate surface area is 154 Å². The number of nitrogens with zero attached hydrogens (tertiary/aromatic N) is 1. The van der Waals surface area contributed by atoms with E-state index in [1.54, 1.807) is 39.5 Å². The van der Waals surface area contributed by atoms with Crippen LogP contribution >= 0.6 is 24.0 Å². The molecule has 0 amide bonds. The first kappa shape index (κ1) is 21.6. The second-order valence-electron chi connectivity index (χ2n) is 4.66. The average Bonchev–Trinajstić information content (AvgIpc) is 2.51. The van der Waals surface area contributed by atoms with Crippen LogP contribution in [0.3, 0.4) is 0 Å². The molecule has 1 unspecified atom stereocenters. The minimum absolute atomic E-state index is 0. The summed E-state index contributed by atoms with van der Waals surface area (Å²) in [5, 5.41) is 3.02. The van der Waals surface area contributed by atoms with E-state index in [1.807, 2.05) is 6.92 Å². The van der Waals surface area contributed by atoms with Crippen molar-refractivity contribution < 1.29 is 18.9 Å². The highest BCUT2D eigenvalue weighted by molar-refractivity contribution is 14.0. The molecule has 0 aliphatic heterocycles. The summed E-state index contributed by atoms with van der Waals surface area (Å²) in [6.45, 7) is 3.37. The van der Waals surface area contributed by atoms with Gasteiger partial charge in [0.25, 0.3) is 0 Å². The van der Waals surface area contributed by atoms with E-state index < -0.39 is 0 Å². The third-order valence-electron chi connectivity index (χ3n) is 2.78. The van der Waals surface area contributed by atoms with Crippen molar-refractivity contribution in [2.24, 2.45) is 10.7 Å². The number of benzene rings is 1. The molecule has 8 heteroatoms. The van der Waals surface area contributed by atoms with E-state index in [0.29, 0.717) is 43.0 Å². The number of halogens is 1. The molecular weight excluding hydrogens is 413 g/mol. The van der Waals surface area contributed by atoms with Crippen molar-refractivity contribution in [3.8, 4) is 17.2 Å². The van der Waals surface area contributed by atoms with Gasteiger partial charge in [0.2, 0.25) is 0 Å². The van der Waals surface area contributed by atoms with Crippen LogP contribution in [0.15, 0.2) is 23.2 Å². The van der Waals surface area contributed by atoms with Crippen molar-refractivity contribution >= 4 is 29.9 Å². The standard InChI is InChI=1S/C15H25N3O4.HI/c1-11(10-19-2)18-15(16)17-5-6-22-14-8-12(20-3)7-13(9-14)21-4;/h7-9,11H,5-6,10H2,1-4H3,(H3,16,17,18);1H. The third-order valence-corrected chi connectivity index (χ3v) is 2.78. The van der Waals surface area contributed by atoms with E-state index in [-0.39, 0.29) is 30.0 Å². The first-order chi connectivity index (χ1) is 10.6. The Balaban J connectivity index is 0.00000484. The number of ether oxygens (including phenoxy) is 4. The number of hydrogen-bond donors (Lipinski definition) is 2. The molecule has 0 spiro atoms. The largest absolute Gasteiger partial charge is 0.496 e. The van der Waals surface area contributed by atoms with Crippen LogP contribution in [0.2, 0.25) is 0 Å². The molecule has 0 saturated heterocycles. The normalized spacial score (nSPS) is 12.1. The second-order valence-corrected chi connectivity index (χ2v) is 4.66. The van der Waals surface area contributed by atoms with Gasteiger partial charge in [-0.2, -0.15) is 0 Å². The minimum atomic E-state index is 0. The summed E-state index contributed by atoms with van der Waals surface area (Å²) in [5.74, 6) is 2.38. The summed E-state index contributed by atoms with van der Waals surface area (Å²) >= 11 is 0. The summed E-state index contributed by atoms with van der Waals surface area (Å²) < 4.78 is 21.0. The van der Waals surface area contributed by atoms with Gasteiger partial charge in [-0.15, -0.1) is 24.0 Å². The zero-order chi connectivity index (χ0) is 16.4. The van der Waals surface area contributed by atoms with Crippen molar-refractivity contribution in [3.63, 3.8) is 0 Å². The molecule has 0 aliphatic rings. The van der Waals surface area contributed by atoms with Crippen molar-refractivity contribution in [1.82, 2.24) is 5.32 Å². The van der Waals surface area contributed by atoms with Gasteiger partial charge in [-0.25, -0.2) is 4.99 Å². The van der Waals surface area contributed by atoms with Gasteiger partial charge in [0.1, 0.15) is 23.9 Å². The van der Waals surface area contributed by atoms with E-state index in [2.05, 4.69) is 10.3 Å². The Morgan fingerprint density at radius 1 is 1.13 bits per heavy atom. The molecule has 1 aromatic rings. The topological polar surface area (TPSA) is 87.3 Å². The lowest BCUT2D eigenvalue weighted by Crippen LogP contribution is -2.40.